The average molecular weight is 315 g/mol. The highest BCUT2D eigenvalue weighted by Gasteiger charge is 1.98. The second-order valence-corrected chi connectivity index (χ2v) is 1.64. The molecule has 11 nitrogen and oxygen atoms in total. The van der Waals surface area contributed by atoms with Crippen LogP contribution in [0.5, 0.6) is 0 Å². The Hall–Kier alpha value is -1.07. The number of carbonyl (C=O) groups excluding carboxylic acids is 1. The number of amides is 2. The molecule has 0 bridgehead atoms. The fraction of sp³-hybridized carbons (Fsp3) is 0. The summed E-state index contributed by atoms with van der Waals surface area (Å²) in [6.45, 7) is 0. The molecule has 0 unspecified atom stereocenters. The molecule has 20 heavy (non-hydrogen) atoms. The van der Waals surface area contributed by atoms with Gasteiger partial charge in [0.05, 0.1) is 0 Å². The Bertz CT molecular complexity index is 139. The first kappa shape index (κ1) is 31.4. The van der Waals surface area contributed by atoms with Crippen molar-refractivity contribution in [1.82, 2.24) is 0 Å². The third kappa shape index (κ3) is 3750. The van der Waals surface area contributed by atoms with Gasteiger partial charge in [0.2, 0.25) is 0 Å². The van der Waals surface area contributed by atoms with Crippen LogP contribution >= 0.6 is 0 Å². The minimum Gasteiger partial charge on any atom is -0.398 e. The SMILES string of the molecule is NC(N)=O.OB(O)F.OB(O)F.OB(O)F.OB(O)F. The second-order valence-electron chi connectivity index (χ2n) is 1.64. The zero-order valence-electron chi connectivity index (χ0n) is 9.46. The Labute approximate surface area is 110 Å². The maximum absolute atomic E-state index is 10.1. The number of halogens is 4. The van der Waals surface area contributed by atoms with Gasteiger partial charge >= 0.3 is 35.6 Å². The highest BCUT2D eigenvalue weighted by atomic mass is 19.1. The third-order valence-corrected chi connectivity index (χ3v) is 0. The van der Waals surface area contributed by atoms with Crippen LogP contribution in [0.1, 0.15) is 0 Å². The Balaban J connectivity index is -0.0000000469. The number of nitrogens with two attached hydrogens (primary N) is 2. The smallest absolute Gasteiger partial charge is 0.398 e. The van der Waals surface area contributed by atoms with Gasteiger partial charge in [-0.2, -0.15) is 0 Å². The van der Waals surface area contributed by atoms with Gasteiger partial charge in [-0.15, -0.1) is 0 Å². The summed E-state index contributed by atoms with van der Waals surface area (Å²) in [6, 6.07) is -0.833. The first-order valence-electron chi connectivity index (χ1n) is 3.72. The quantitative estimate of drug-likeness (QED) is 0.152. The van der Waals surface area contributed by atoms with Gasteiger partial charge in [0, 0.05) is 0 Å². The fourth-order valence-electron chi connectivity index (χ4n) is 0. The molecular weight excluding hydrogens is 303 g/mol. The van der Waals surface area contributed by atoms with Crippen LogP contribution in [0.15, 0.2) is 0 Å². The minimum absolute atomic E-state index is 0.833. The van der Waals surface area contributed by atoms with Crippen molar-refractivity contribution >= 4 is 35.6 Å². The van der Waals surface area contributed by atoms with Crippen molar-refractivity contribution in [1.29, 1.82) is 0 Å². The second kappa shape index (κ2) is 26.5. The van der Waals surface area contributed by atoms with Crippen LogP contribution in [0, 0.1) is 0 Å². The van der Waals surface area contributed by atoms with Crippen molar-refractivity contribution in [3.8, 4) is 0 Å². The molecule has 0 aromatic carbocycles. The molecule has 0 saturated heterocycles. The molecule has 0 aliphatic rings. The predicted octanol–water partition coefficient (Wildman–Crippen LogP) is -5.27. The fourth-order valence-corrected chi connectivity index (χ4v) is 0. The minimum atomic E-state index is -2.67. The summed E-state index contributed by atoms with van der Waals surface area (Å²) in [7, 11) is -10.7. The zero-order valence-corrected chi connectivity index (χ0v) is 9.46. The van der Waals surface area contributed by atoms with Crippen molar-refractivity contribution in [2.75, 3.05) is 0 Å². The Kier molecular flexibility index (Phi) is 41.5. The number of hydrogen-bond donors (Lipinski definition) is 10. The van der Waals surface area contributed by atoms with E-state index in [1.54, 1.807) is 0 Å². The van der Waals surface area contributed by atoms with Crippen LogP contribution in [-0.2, 0) is 0 Å². The van der Waals surface area contributed by atoms with Crippen LogP contribution in [0.3, 0.4) is 0 Å². The molecule has 0 aliphatic heterocycles. The van der Waals surface area contributed by atoms with Gasteiger partial charge < -0.3 is 51.7 Å². The number of hydrogen-bond acceptors (Lipinski definition) is 9. The number of carbonyl (C=O) groups is 1. The maximum atomic E-state index is 10.1. The van der Waals surface area contributed by atoms with Crippen LogP contribution in [0.2, 0.25) is 0 Å². The van der Waals surface area contributed by atoms with Crippen molar-refractivity contribution in [2.24, 2.45) is 11.5 Å². The maximum Gasteiger partial charge on any atom is 0.674 e. The van der Waals surface area contributed by atoms with E-state index < -0.39 is 35.6 Å². The molecule has 0 radical (unpaired) electrons. The molecule has 0 rings (SSSR count). The molecule has 0 spiro atoms. The topological polar surface area (TPSA) is 231 Å². The van der Waals surface area contributed by atoms with E-state index in [2.05, 4.69) is 11.5 Å². The number of urea groups is 1. The molecule has 12 N–H and O–H groups in total. The standard InChI is InChI=1S/CH4N2O.4BFH2O2/c5*2-1(3)4/h(H4,2,3,4);4*3-4H. The summed E-state index contributed by atoms with van der Waals surface area (Å²) in [5.41, 5.74) is 8.50. The summed E-state index contributed by atoms with van der Waals surface area (Å²) in [5.74, 6) is 0. The number of primary amides is 2. The van der Waals surface area contributed by atoms with E-state index in [1.807, 2.05) is 0 Å². The van der Waals surface area contributed by atoms with Gasteiger partial charge in [0.25, 0.3) is 0 Å². The van der Waals surface area contributed by atoms with Crippen LogP contribution in [-0.4, -0.2) is 75.8 Å². The van der Waals surface area contributed by atoms with E-state index in [-0.39, 0.29) is 0 Å². The monoisotopic (exact) mass is 316 g/mol. The van der Waals surface area contributed by atoms with E-state index in [0.29, 0.717) is 0 Å². The van der Waals surface area contributed by atoms with Crippen LogP contribution in [0.25, 0.3) is 0 Å². The lowest BCUT2D eigenvalue weighted by Crippen LogP contribution is -2.18. The van der Waals surface area contributed by atoms with Crippen molar-refractivity contribution in [2.45, 2.75) is 0 Å². The van der Waals surface area contributed by atoms with Gasteiger partial charge in [0.1, 0.15) is 0 Å². The van der Waals surface area contributed by atoms with E-state index >= 15 is 0 Å². The molecule has 19 heteroatoms. The Morgan fingerprint density at radius 1 is 0.600 bits per heavy atom. The van der Waals surface area contributed by atoms with Crippen LogP contribution < -0.4 is 11.5 Å². The summed E-state index contributed by atoms with van der Waals surface area (Å²) >= 11 is 0. The first-order chi connectivity index (χ1) is 8.66. The molecule has 0 aliphatic carbocycles. The lowest BCUT2D eigenvalue weighted by molar-refractivity contribution is 0.256. The summed E-state index contributed by atoms with van der Waals surface area (Å²) in [5, 5.41) is 55.6. The van der Waals surface area contributed by atoms with Crippen molar-refractivity contribution in [3.63, 3.8) is 0 Å². The lowest BCUT2D eigenvalue weighted by atomic mass is 10.3. The third-order valence-electron chi connectivity index (χ3n) is 0. The Morgan fingerprint density at radius 2 is 0.600 bits per heavy atom. The largest absolute Gasteiger partial charge is 0.674 e. The van der Waals surface area contributed by atoms with Gasteiger partial charge in [-0.05, 0) is 0 Å². The van der Waals surface area contributed by atoms with Crippen LogP contribution in [0.4, 0.5) is 22.1 Å². The van der Waals surface area contributed by atoms with Gasteiger partial charge in [-0.3, -0.25) is 17.3 Å². The average Bonchev–Trinajstić information content (AvgIpc) is 1.94. The highest BCUT2D eigenvalue weighted by Crippen LogP contribution is 1.58. The van der Waals surface area contributed by atoms with Gasteiger partial charge in [-0.25, -0.2) is 4.79 Å². The van der Waals surface area contributed by atoms with E-state index in [1.165, 1.54) is 0 Å². The molecule has 0 aromatic heterocycles. The van der Waals surface area contributed by atoms with E-state index in [0.717, 1.165) is 0 Å². The molecule has 0 fully saturated rings. The molecule has 0 saturated carbocycles. The lowest BCUT2D eigenvalue weighted by Gasteiger charge is -1.65. The molecule has 2 amide bonds. The molecule has 0 atom stereocenters. The molecule has 120 valence electrons. The van der Waals surface area contributed by atoms with E-state index in [4.69, 9.17) is 45.0 Å². The zero-order chi connectivity index (χ0) is 17.9. The summed E-state index contributed by atoms with van der Waals surface area (Å²) in [4.78, 5) is 9.00. The summed E-state index contributed by atoms with van der Waals surface area (Å²) in [6.07, 6.45) is 0. The molecule has 0 aromatic rings. The van der Waals surface area contributed by atoms with Gasteiger partial charge in [-0.1, -0.05) is 0 Å². The van der Waals surface area contributed by atoms with E-state index in [9.17, 15) is 17.3 Å². The Morgan fingerprint density at radius 3 is 0.600 bits per heavy atom. The predicted molar refractivity (Wildman–Crippen MR) is 59.0 cm³/mol. The van der Waals surface area contributed by atoms with Gasteiger partial charge in [0.15, 0.2) is 0 Å². The first-order valence-corrected chi connectivity index (χ1v) is 3.72. The number of rotatable bonds is 0. The summed E-state index contributed by atoms with van der Waals surface area (Å²) < 4.78 is 40.4. The molecule has 0 heterocycles. The normalized spacial score (nSPS) is 6.60. The van der Waals surface area contributed by atoms with Crippen molar-refractivity contribution < 1.29 is 62.2 Å². The highest BCUT2D eigenvalue weighted by molar-refractivity contribution is 6.32. The van der Waals surface area contributed by atoms with Crippen molar-refractivity contribution in [3.05, 3.63) is 0 Å². The molecular formula is CH12B4F4N2O9.